The smallest absolute Gasteiger partial charge is 0.251 e. The number of hydrogen-bond donors (Lipinski definition) is 1. The van der Waals surface area contributed by atoms with Crippen molar-refractivity contribution in [3.8, 4) is 0 Å². The fourth-order valence-corrected chi connectivity index (χ4v) is 4.28. The highest BCUT2D eigenvalue weighted by Crippen LogP contribution is 2.24. The maximum Gasteiger partial charge on any atom is 0.251 e. The van der Waals surface area contributed by atoms with Crippen molar-refractivity contribution in [1.82, 2.24) is 14.9 Å². The Labute approximate surface area is 191 Å². The quantitative estimate of drug-likeness (QED) is 0.345. The lowest BCUT2D eigenvalue weighted by molar-refractivity contribution is 0.0937. The molecule has 1 N–H and O–H groups in total. The average molecular weight is 440 g/mol. The third kappa shape index (κ3) is 3.97. The molecule has 1 heterocycles. The van der Waals surface area contributed by atoms with E-state index in [0.717, 1.165) is 16.9 Å². The molecule has 0 radical (unpaired) electrons. The van der Waals surface area contributed by atoms with Crippen molar-refractivity contribution < 1.29 is 4.79 Å². The van der Waals surface area contributed by atoms with Crippen molar-refractivity contribution in [3.05, 3.63) is 113 Å². The highest BCUT2D eigenvalue weighted by atomic mass is 35.5. The lowest BCUT2D eigenvalue weighted by Crippen LogP contribution is -2.28. The first-order valence-corrected chi connectivity index (χ1v) is 11.0. The van der Waals surface area contributed by atoms with Crippen LogP contribution >= 0.6 is 11.6 Å². The zero-order valence-corrected chi connectivity index (χ0v) is 18.4. The predicted molar refractivity (Wildman–Crippen MR) is 130 cm³/mol. The molecule has 0 aliphatic heterocycles. The van der Waals surface area contributed by atoms with Gasteiger partial charge in [-0.15, -0.1) is 0 Å². The molecule has 5 aromatic rings. The van der Waals surface area contributed by atoms with Gasteiger partial charge in [-0.2, -0.15) is 0 Å². The fraction of sp³-hybridized carbons (Fsp3) is 0.111. The molecule has 1 unspecified atom stereocenters. The summed E-state index contributed by atoms with van der Waals surface area (Å²) in [5.41, 5.74) is 3.66. The number of rotatable bonds is 5. The number of para-hydroxylation sites is 2. The Morgan fingerprint density at radius 1 is 0.938 bits per heavy atom. The van der Waals surface area contributed by atoms with Gasteiger partial charge in [0.05, 0.1) is 17.1 Å². The summed E-state index contributed by atoms with van der Waals surface area (Å²) < 4.78 is 2.18. The maximum absolute atomic E-state index is 12.8. The van der Waals surface area contributed by atoms with Gasteiger partial charge in [0, 0.05) is 17.1 Å². The molecule has 5 heteroatoms. The molecule has 0 saturated carbocycles. The monoisotopic (exact) mass is 439 g/mol. The van der Waals surface area contributed by atoms with Gasteiger partial charge in [-0.3, -0.25) is 4.79 Å². The molecular weight excluding hydrogens is 418 g/mol. The molecule has 0 bridgehead atoms. The summed E-state index contributed by atoms with van der Waals surface area (Å²) in [6.07, 6.45) is 0. The second-order valence-electron chi connectivity index (χ2n) is 7.93. The van der Waals surface area contributed by atoms with E-state index in [-0.39, 0.29) is 11.9 Å². The van der Waals surface area contributed by atoms with Crippen molar-refractivity contribution >= 4 is 39.3 Å². The molecule has 1 amide bonds. The number of aromatic nitrogens is 2. The SMILES string of the molecule is CC(NC(=O)c1cccc(Cl)c1)c1nc2ccccc2n1Cc1ccc2ccccc2c1. The molecule has 0 aliphatic rings. The van der Waals surface area contributed by atoms with E-state index in [4.69, 9.17) is 16.6 Å². The van der Waals surface area contributed by atoms with Gasteiger partial charge < -0.3 is 9.88 Å². The highest BCUT2D eigenvalue weighted by molar-refractivity contribution is 6.30. The van der Waals surface area contributed by atoms with Crippen LogP contribution in [-0.4, -0.2) is 15.5 Å². The lowest BCUT2D eigenvalue weighted by atomic mass is 10.1. The molecule has 4 nitrogen and oxygen atoms in total. The number of carbonyl (C=O) groups is 1. The Bertz CT molecular complexity index is 1440. The van der Waals surface area contributed by atoms with E-state index >= 15 is 0 Å². The van der Waals surface area contributed by atoms with E-state index in [1.807, 2.05) is 31.2 Å². The molecule has 158 valence electrons. The molecule has 1 atom stereocenters. The van der Waals surface area contributed by atoms with Crippen LogP contribution in [0.5, 0.6) is 0 Å². The molecular formula is C27H22ClN3O. The van der Waals surface area contributed by atoms with Crippen LogP contribution in [0.3, 0.4) is 0 Å². The maximum atomic E-state index is 12.8. The fourth-order valence-electron chi connectivity index (χ4n) is 4.08. The zero-order chi connectivity index (χ0) is 22.1. The Kier molecular flexibility index (Phi) is 5.38. The predicted octanol–water partition coefficient (Wildman–Crippen LogP) is 6.38. The second kappa shape index (κ2) is 8.48. The van der Waals surface area contributed by atoms with E-state index in [2.05, 4.69) is 52.3 Å². The van der Waals surface area contributed by atoms with Crippen molar-refractivity contribution in [3.63, 3.8) is 0 Å². The van der Waals surface area contributed by atoms with Gasteiger partial charge >= 0.3 is 0 Å². The number of halogens is 1. The Hall–Kier alpha value is -3.63. The number of amides is 1. The van der Waals surface area contributed by atoms with E-state index in [1.54, 1.807) is 24.3 Å². The molecule has 0 spiro atoms. The van der Waals surface area contributed by atoms with E-state index in [9.17, 15) is 4.79 Å². The highest BCUT2D eigenvalue weighted by Gasteiger charge is 2.19. The minimum Gasteiger partial charge on any atom is -0.342 e. The molecule has 5 rings (SSSR count). The Balaban J connectivity index is 1.50. The molecule has 0 aliphatic carbocycles. The van der Waals surface area contributed by atoms with Crippen LogP contribution in [0, 0.1) is 0 Å². The topological polar surface area (TPSA) is 46.9 Å². The number of nitrogens with zero attached hydrogens (tertiary/aromatic N) is 2. The summed E-state index contributed by atoms with van der Waals surface area (Å²) in [5.74, 6) is 0.638. The first-order chi connectivity index (χ1) is 15.6. The minimum absolute atomic E-state index is 0.177. The number of nitrogens with one attached hydrogen (secondary N) is 1. The van der Waals surface area contributed by atoms with Crippen LogP contribution < -0.4 is 5.32 Å². The van der Waals surface area contributed by atoms with E-state index in [0.29, 0.717) is 17.1 Å². The number of imidazole rings is 1. The minimum atomic E-state index is -0.283. The van der Waals surface area contributed by atoms with Gasteiger partial charge in [0.2, 0.25) is 0 Å². The van der Waals surface area contributed by atoms with Crippen molar-refractivity contribution in [1.29, 1.82) is 0 Å². The van der Waals surface area contributed by atoms with Crippen LogP contribution in [-0.2, 0) is 6.54 Å². The summed E-state index contributed by atoms with van der Waals surface area (Å²) in [6, 6.07) is 29.6. The van der Waals surface area contributed by atoms with Gasteiger partial charge in [-0.25, -0.2) is 4.98 Å². The van der Waals surface area contributed by atoms with E-state index in [1.165, 1.54) is 16.3 Å². The van der Waals surface area contributed by atoms with Gasteiger partial charge in [-0.05, 0) is 59.7 Å². The number of fused-ring (bicyclic) bond motifs is 2. The lowest BCUT2D eigenvalue weighted by Gasteiger charge is -2.17. The van der Waals surface area contributed by atoms with Crippen molar-refractivity contribution in [2.45, 2.75) is 19.5 Å². The molecule has 0 saturated heterocycles. The van der Waals surface area contributed by atoms with Gasteiger partial charge in [0.15, 0.2) is 0 Å². The first-order valence-electron chi connectivity index (χ1n) is 10.6. The zero-order valence-electron chi connectivity index (χ0n) is 17.6. The van der Waals surface area contributed by atoms with Gasteiger partial charge in [0.25, 0.3) is 5.91 Å². The van der Waals surface area contributed by atoms with Crippen LogP contribution in [0.15, 0.2) is 91.0 Å². The molecule has 32 heavy (non-hydrogen) atoms. The number of hydrogen-bond acceptors (Lipinski definition) is 2. The summed E-state index contributed by atoms with van der Waals surface area (Å²) >= 11 is 6.06. The number of benzene rings is 4. The number of carbonyl (C=O) groups excluding carboxylic acids is 1. The average Bonchev–Trinajstić information content (AvgIpc) is 3.17. The van der Waals surface area contributed by atoms with E-state index < -0.39 is 0 Å². The van der Waals surface area contributed by atoms with Gasteiger partial charge in [-0.1, -0.05) is 66.2 Å². The Morgan fingerprint density at radius 3 is 2.56 bits per heavy atom. The summed E-state index contributed by atoms with van der Waals surface area (Å²) in [4.78, 5) is 17.7. The van der Waals surface area contributed by atoms with Crippen molar-refractivity contribution in [2.75, 3.05) is 0 Å². The van der Waals surface area contributed by atoms with Crippen LogP contribution in [0.25, 0.3) is 21.8 Å². The van der Waals surface area contributed by atoms with Crippen LogP contribution in [0.2, 0.25) is 5.02 Å². The largest absolute Gasteiger partial charge is 0.342 e. The molecule has 0 fully saturated rings. The van der Waals surface area contributed by atoms with Crippen molar-refractivity contribution in [2.24, 2.45) is 0 Å². The molecule has 4 aromatic carbocycles. The van der Waals surface area contributed by atoms with Gasteiger partial charge in [0.1, 0.15) is 5.82 Å². The third-order valence-corrected chi connectivity index (χ3v) is 5.90. The molecule has 1 aromatic heterocycles. The summed E-state index contributed by atoms with van der Waals surface area (Å²) in [7, 11) is 0. The van der Waals surface area contributed by atoms with Crippen LogP contribution in [0.1, 0.15) is 34.7 Å². The third-order valence-electron chi connectivity index (χ3n) is 5.66. The standard InChI is InChI=1S/C27H22ClN3O/c1-18(29-27(32)22-9-6-10-23(28)16-22)26-30-24-11-4-5-12-25(24)31(26)17-19-13-14-20-7-2-3-8-21(20)15-19/h2-16,18H,17H2,1H3,(H,29,32). The normalized spacial score (nSPS) is 12.2. The summed E-state index contributed by atoms with van der Waals surface area (Å²) in [6.45, 7) is 2.62. The summed E-state index contributed by atoms with van der Waals surface area (Å²) in [5, 5.41) is 6.04. The van der Waals surface area contributed by atoms with Crippen LogP contribution in [0.4, 0.5) is 0 Å². The Morgan fingerprint density at radius 2 is 1.72 bits per heavy atom. The second-order valence-corrected chi connectivity index (χ2v) is 8.37. The first kappa shape index (κ1) is 20.3.